The van der Waals surface area contributed by atoms with Crippen LogP contribution in [0.15, 0.2) is 33.8 Å². The molecule has 2 rings (SSSR count). The van der Waals surface area contributed by atoms with Gasteiger partial charge in [0.15, 0.2) is 23.2 Å². The van der Waals surface area contributed by atoms with Gasteiger partial charge in [0.25, 0.3) is 0 Å². The zero-order valence-corrected chi connectivity index (χ0v) is 13.1. The first-order valence-corrected chi connectivity index (χ1v) is 6.78. The summed E-state index contributed by atoms with van der Waals surface area (Å²) in [5.74, 6) is 2.68. The van der Waals surface area contributed by atoms with Crippen molar-refractivity contribution in [2.75, 3.05) is 26.6 Å². The normalized spacial score (nSPS) is 11.2. The number of aromatic nitrogens is 1. The standard InChI is InChI=1S/C15H20N4O3/c1-10-7-12(22-19-10)9-17-15(16-2)18-11-5-6-13(20-3)14(8-11)21-4/h5-8H,9H2,1-4H3,(H2,16,17,18). The highest BCUT2D eigenvalue weighted by Crippen LogP contribution is 2.29. The van der Waals surface area contributed by atoms with Crippen molar-refractivity contribution in [3.63, 3.8) is 0 Å². The highest BCUT2D eigenvalue weighted by atomic mass is 16.5. The number of rotatable bonds is 5. The van der Waals surface area contributed by atoms with Gasteiger partial charge in [-0.25, -0.2) is 0 Å². The van der Waals surface area contributed by atoms with E-state index in [1.165, 1.54) is 0 Å². The molecule has 0 bridgehead atoms. The van der Waals surface area contributed by atoms with Crippen LogP contribution in [0.25, 0.3) is 0 Å². The smallest absolute Gasteiger partial charge is 0.195 e. The van der Waals surface area contributed by atoms with E-state index in [-0.39, 0.29) is 0 Å². The van der Waals surface area contributed by atoms with E-state index in [1.54, 1.807) is 21.3 Å². The fourth-order valence-corrected chi connectivity index (χ4v) is 1.90. The van der Waals surface area contributed by atoms with E-state index in [0.29, 0.717) is 24.0 Å². The average Bonchev–Trinajstić information content (AvgIpc) is 2.96. The summed E-state index contributed by atoms with van der Waals surface area (Å²) in [6, 6.07) is 7.42. The number of aryl methyl sites for hydroxylation is 1. The van der Waals surface area contributed by atoms with Gasteiger partial charge in [-0.05, 0) is 19.1 Å². The zero-order chi connectivity index (χ0) is 15.9. The summed E-state index contributed by atoms with van der Waals surface area (Å²) in [7, 11) is 4.90. The van der Waals surface area contributed by atoms with Crippen molar-refractivity contribution in [2.24, 2.45) is 4.99 Å². The Balaban J connectivity index is 2.01. The first-order chi connectivity index (χ1) is 10.7. The number of guanidine groups is 1. The van der Waals surface area contributed by atoms with E-state index in [0.717, 1.165) is 17.1 Å². The molecule has 7 heteroatoms. The summed E-state index contributed by atoms with van der Waals surface area (Å²) in [4.78, 5) is 4.16. The number of ether oxygens (including phenoxy) is 2. The lowest BCUT2D eigenvalue weighted by Gasteiger charge is -2.13. The predicted molar refractivity (Wildman–Crippen MR) is 84.6 cm³/mol. The maximum absolute atomic E-state index is 5.28. The molecule has 0 aliphatic rings. The number of benzene rings is 1. The van der Waals surface area contributed by atoms with Crippen LogP contribution in [0.1, 0.15) is 11.5 Å². The average molecular weight is 304 g/mol. The number of nitrogens with one attached hydrogen (secondary N) is 2. The van der Waals surface area contributed by atoms with E-state index in [2.05, 4.69) is 20.8 Å². The molecule has 0 unspecified atom stereocenters. The molecule has 1 aromatic heterocycles. The predicted octanol–water partition coefficient (Wildman–Crippen LogP) is 2.19. The van der Waals surface area contributed by atoms with Gasteiger partial charge >= 0.3 is 0 Å². The molecular weight excluding hydrogens is 284 g/mol. The lowest BCUT2D eigenvalue weighted by Crippen LogP contribution is -2.30. The molecule has 0 atom stereocenters. The van der Waals surface area contributed by atoms with Crippen molar-refractivity contribution >= 4 is 11.6 Å². The number of methoxy groups -OCH3 is 2. The summed E-state index contributed by atoms with van der Waals surface area (Å²) in [5.41, 5.74) is 1.68. The van der Waals surface area contributed by atoms with Crippen molar-refractivity contribution in [2.45, 2.75) is 13.5 Å². The van der Waals surface area contributed by atoms with Gasteiger partial charge in [-0.1, -0.05) is 5.16 Å². The van der Waals surface area contributed by atoms with Gasteiger partial charge in [0.05, 0.1) is 26.5 Å². The van der Waals surface area contributed by atoms with Gasteiger partial charge in [-0.2, -0.15) is 0 Å². The molecule has 118 valence electrons. The third kappa shape index (κ3) is 3.91. The molecular formula is C15H20N4O3. The molecule has 0 saturated carbocycles. The molecule has 22 heavy (non-hydrogen) atoms. The second kappa shape index (κ2) is 7.35. The topological polar surface area (TPSA) is 80.9 Å². The van der Waals surface area contributed by atoms with Crippen LogP contribution in [-0.2, 0) is 6.54 Å². The first-order valence-electron chi connectivity index (χ1n) is 6.78. The Morgan fingerprint density at radius 3 is 2.59 bits per heavy atom. The van der Waals surface area contributed by atoms with Gasteiger partial charge in [0, 0.05) is 24.9 Å². The van der Waals surface area contributed by atoms with E-state index < -0.39 is 0 Å². The fourth-order valence-electron chi connectivity index (χ4n) is 1.90. The Kier molecular flexibility index (Phi) is 5.24. The van der Waals surface area contributed by atoms with Gasteiger partial charge < -0.3 is 24.6 Å². The molecule has 0 saturated heterocycles. The Labute approximate surface area is 129 Å². The molecule has 0 aliphatic carbocycles. The van der Waals surface area contributed by atoms with Gasteiger partial charge in [0.1, 0.15) is 0 Å². The molecule has 0 amide bonds. The Morgan fingerprint density at radius 2 is 2.00 bits per heavy atom. The maximum Gasteiger partial charge on any atom is 0.195 e. The molecule has 1 aromatic carbocycles. The molecule has 0 aliphatic heterocycles. The highest BCUT2D eigenvalue weighted by molar-refractivity contribution is 5.93. The van der Waals surface area contributed by atoms with E-state index in [1.807, 2.05) is 31.2 Å². The van der Waals surface area contributed by atoms with E-state index in [9.17, 15) is 0 Å². The number of anilines is 1. The summed E-state index contributed by atoms with van der Waals surface area (Å²) in [6.45, 7) is 2.37. The largest absolute Gasteiger partial charge is 0.493 e. The van der Waals surface area contributed by atoms with E-state index >= 15 is 0 Å². The van der Waals surface area contributed by atoms with Crippen molar-refractivity contribution in [1.82, 2.24) is 10.5 Å². The van der Waals surface area contributed by atoms with Crippen molar-refractivity contribution in [3.05, 3.63) is 35.7 Å². The Bertz CT molecular complexity index is 652. The molecule has 0 fully saturated rings. The molecule has 0 radical (unpaired) electrons. The number of aliphatic imine (C=N–C) groups is 1. The van der Waals surface area contributed by atoms with Crippen molar-refractivity contribution in [1.29, 1.82) is 0 Å². The monoisotopic (exact) mass is 304 g/mol. The van der Waals surface area contributed by atoms with Crippen LogP contribution in [0, 0.1) is 6.92 Å². The third-order valence-corrected chi connectivity index (χ3v) is 2.98. The molecule has 2 aromatic rings. The summed E-state index contributed by atoms with van der Waals surface area (Å²) < 4.78 is 15.6. The minimum Gasteiger partial charge on any atom is -0.493 e. The van der Waals surface area contributed by atoms with Gasteiger partial charge in [-0.3, -0.25) is 4.99 Å². The summed E-state index contributed by atoms with van der Waals surface area (Å²) in [5, 5.41) is 10.2. The molecule has 2 N–H and O–H groups in total. The van der Waals surface area contributed by atoms with Crippen LogP contribution in [-0.4, -0.2) is 32.4 Å². The number of hydrogen-bond acceptors (Lipinski definition) is 5. The van der Waals surface area contributed by atoms with Crippen LogP contribution < -0.4 is 20.1 Å². The second-order valence-electron chi connectivity index (χ2n) is 4.56. The SMILES string of the molecule is CN=C(NCc1cc(C)no1)Nc1ccc(OC)c(OC)c1. The summed E-state index contributed by atoms with van der Waals surface area (Å²) in [6.07, 6.45) is 0. The fraction of sp³-hybridized carbons (Fsp3) is 0.333. The Hall–Kier alpha value is -2.70. The highest BCUT2D eigenvalue weighted by Gasteiger charge is 2.07. The van der Waals surface area contributed by atoms with Crippen LogP contribution in [0.5, 0.6) is 11.5 Å². The Morgan fingerprint density at radius 1 is 1.23 bits per heavy atom. The van der Waals surface area contributed by atoms with Crippen molar-refractivity contribution in [3.8, 4) is 11.5 Å². The summed E-state index contributed by atoms with van der Waals surface area (Å²) >= 11 is 0. The third-order valence-electron chi connectivity index (χ3n) is 2.98. The molecule has 1 heterocycles. The van der Waals surface area contributed by atoms with E-state index in [4.69, 9.17) is 14.0 Å². The quantitative estimate of drug-likeness (QED) is 0.651. The molecule has 0 spiro atoms. The second-order valence-corrected chi connectivity index (χ2v) is 4.56. The van der Waals surface area contributed by atoms with Gasteiger partial charge in [-0.15, -0.1) is 0 Å². The number of nitrogens with zero attached hydrogens (tertiary/aromatic N) is 2. The zero-order valence-electron chi connectivity index (χ0n) is 13.1. The van der Waals surface area contributed by atoms with Crippen LogP contribution >= 0.6 is 0 Å². The van der Waals surface area contributed by atoms with Crippen LogP contribution in [0.2, 0.25) is 0 Å². The lowest BCUT2D eigenvalue weighted by atomic mass is 10.2. The van der Waals surface area contributed by atoms with Crippen molar-refractivity contribution < 1.29 is 14.0 Å². The number of hydrogen-bond donors (Lipinski definition) is 2. The molecule has 7 nitrogen and oxygen atoms in total. The van der Waals surface area contributed by atoms with Crippen LogP contribution in [0.3, 0.4) is 0 Å². The minimum atomic E-state index is 0.494. The van der Waals surface area contributed by atoms with Crippen LogP contribution in [0.4, 0.5) is 5.69 Å². The first kappa shape index (κ1) is 15.7. The minimum absolute atomic E-state index is 0.494. The van der Waals surface area contributed by atoms with Gasteiger partial charge in [0.2, 0.25) is 0 Å². The maximum atomic E-state index is 5.28. The lowest BCUT2D eigenvalue weighted by molar-refractivity contribution is 0.355.